The highest BCUT2D eigenvalue weighted by Gasteiger charge is 2.43. The van der Waals surface area contributed by atoms with Gasteiger partial charge in [0.25, 0.3) is 5.91 Å². The molecule has 4 aromatic rings. The molecule has 1 aromatic heterocycles. The van der Waals surface area contributed by atoms with Crippen LogP contribution in [0.4, 0.5) is 0 Å². The second kappa shape index (κ2) is 8.65. The number of halogens is 1. The molecule has 1 aliphatic rings. The lowest BCUT2D eigenvalue weighted by atomic mass is 9.95. The average Bonchev–Trinajstić information content (AvgIpc) is 3.32. The topological polar surface area (TPSA) is 67.6 Å². The number of carbonyl (C=O) groups excluding carboxylic acids is 1. The molecule has 34 heavy (non-hydrogen) atoms. The van der Waals surface area contributed by atoms with Gasteiger partial charge in [0, 0.05) is 24.7 Å². The number of fused-ring (bicyclic) bond motifs is 1. The predicted molar refractivity (Wildman–Crippen MR) is 134 cm³/mol. The summed E-state index contributed by atoms with van der Waals surface area (Å²) in [5, 5.41) is 15.2. The maximum Gasteiger partial charge on any atom is 0.273 e. The van der Waals surface area contributed by atoms with Gasteiger partial charge in [0.15, 0.2) is 11.5 Å². The average molecular weight is 518 g/mol. The Kier molecular flexibility index (Phi) is 5.65. The van der Waals surface area contributed by atoms with E-state index in [-0.39, 0.29) is 11.7 Å². The second-order valence-electron chi connectivity index (χ2n) is 8.48. The molecule has 0 spiro atoms. The molecule has 6 nitrogen and oxygen atoms in total. The molecule has 1 aliphatic heterocycles. The van der Waals surface area contributed by atoms with Crippen molar-refractivity contribution in [1.29, 1.82) is 0 Å². The van der Waals surface area contributed by atoms with Crippen LogP contribution in [-0.4, -0.2) is 32.8 Å². The van der Waals surface area contributed by atoms with E-state index in [0.29, 0.717) is 22.5 Å². The van der Waals surface area contributed by atoms with Crippen molar-refractivity contribution in [3.8, 4) is 22.8 Å². The third-order valence-corrected chi connectivity index (χ3v) is 6.84. The molecule has 0 bridgehead atoms. The van der Waals surface area contributed by atoms with Crippen LogP contribution in [0.25, 0.3) is 11.3 Å². The number of aryl methyl sites for hydroxylation is 2. The Morgan fingerprint density at radius 1 is 1.09 bits per heavy atom. The number of phenols is 1. The number of ether oxygens (including phenoxy) is 1. The van der Waals surface area contributed by atoms with Crippen LogP contribution in [0.15, 0.2) is 71.2 Å². The molecule has 0 aliphatic carbocycles. The lowest BCUT2D eigenvalue weighted by molar-refractivity contribution is 0.0725. The molecule has 2 heterocycles. The fourth-order valence-corrected chi connectivity index (χ4v) is 5.04. The number of benzene rings is 3. The standard InChI is InChI=1S/C27H24BrN3O3/c1-16-9-11-18(12-10-16)23-22-24(19-13-20(28)26(32)21(14-19)34-3)31(15-17-7-5-4-6-8-17)27(33)25(22)30(2)29-23/h4-14,24,32H,15H2,1-3H3. The Bertz CT molecular complexity index is 1380. The maximum absolute atomic E-state index is 13.8. The molecule has 3 aromatic carbocycles. The highest BCUT2D eigenvalue weighted by Crippen LogP contribution is 2.47. The van der Waals surface area contributed by atoms with Crippen LogP contribution in [-0.2, 0) is 13.6 Å². The third-order valence-electron chi connectivity index (χ3n) is 6.24. The van der Waals surface area contributed by atoms with Crippen molar-refractivity contribution in [2.24, 2.45) is 7.05 Å². The Hall–Kier alpha value is -3.58. The van der Waals surface area contributed by atoms with Crippen LogP contribution in [0.2, 0.25) is 0 Å². The second-order valence-corrected chi connectivity index (χ2v) is 9.33. The zero-order chi connectivity index (χ0) is 24.0. The summed E-state index contributed by atoms with van der Waals surface area (Å²) in [6.07, 6.45) is 0. The minimum absolute atomic E-state index is 0.0235. The molecule has 0 fully saturated rings. The van der Waals surface area contributed by atoms with Gasteiger partial charge in [-0.3, -0.25) is 9.48 Å². The molecule has 1 N–H and O–H groups in total. The van der Waals surface area contributed by atoms with Gasteiger partial charge >= 0.3 is 0 Å². The quantitative estimate of drug-likeness (QED) is 0.373. The van der Waals surface area contributed by atoms with E-state index >= 15 is 0 Å². The van der Waals surface area contributed by atoms with E-state index in [1.54, 1.807) is 10.7 Å². The third kappa shape index (κ3) is 3.66. The Morgan fingerprint density at radius 3 is 2.47 bits per heavy atom. The number of hydrogen-bond donors (Lipinski definition) is 1. The molecule has 1 atom stereocenters. The molecular weight excluding hydrogens is 494 g/mol. The molecule has 7 heteroatoms. The zero-order valence-electron chi connectivity index (χ0n) is 19.1. The van der Waals surface area contributed by atoms with Gasteiger partial charge in [0.05, 0.1) is 23.3 Å². The van der Waals surface area contributed by atoms with Crippen molar-refractivity contribution in [2.45, 2.75) is 19.5 Å². The van der Waals surface area contributed by atoms with E-state index in [1.807, 2.05) is 79.5 Å². The minimum Gasteiger partial charge on any atom is -0.503 e. The number of aromatic hydroxyl groups is 1. The summed E-state index contributed by atoms with van der Waals surface area (Å²) in [4.78, 5) is 15.6. The summed E-state index contributed by atoms with van der Waals surface area (Å²) in [5.41, 5.74) is 6.16. The first-order chi connectivity index (χ1) is 16.4. The first kappa shape index (κ1) is 22.2. The Morgan fingerprint density at radius 2 is 1.79 bits per heavy atom. The smallest absolute Gasteiger partial charge is 0.273 e. The van der Waals surface area contributed by atoms with Crippen molar-refractivity contribution in [3.05, 3.63) is 99.2 Å². The lowest BCUT2D eigenvalue weighted by Crippen LogP contribution is -2.29. The van der Waals surface area contributed by atoms with Gasteiger partial charge in [-0.05, 0) is 46.1 Å². The van der Waals surface area contributed by atoms with E-state index in [1.165, 1.54) is 7.11 Å². The summed E-state index contributed by atoms with van der Waals surface area (Å²) < 4.78 is 7.60. The van der Waals surface area contributed by atoms with Crippen LogP contribution in [0.1, 0.15) is 38.8 Å². The highest BCUT2D eigenvalue weighted by molar-refractivity contribution is 9.10. The molecule has 172 valence electrons. The minimum atomic E-state index is -0.404. The van der Waals surface area contributed by atoms with Gasteiger partial charge in [0.2, 0.25) is 0 Å². The lowest BCUT2D eigenvalue weighted by Gasteiger charge is -2.27. The molecule has 0 radical (unpaired) electrons. The van der Waals surface area contributed by atoms with Crippen LogP contribution in [0.3, 0.4) is 0 Å². The molecule has 5 rings (SSSR count). The number of hydrogen-bond acceptors (Lipinski definition) is 4. The summed E-state index contributed by atoms with van der Waals surface area (Å²) in [6.45, 7) is 2.48. The Labute approximate surface area is 206 Å². The van der Waals surface area contributed by atoms with Crippen molar-refractivity contribution < 1.29 is 14.6 Å². The van der Waals surface area contributed by atoms with Gasteiger partial charge in [-0.1, -0.05) is 60.2 Å². The van der Waals surface area contributed by atoms with Crippen LogP contribution < -0.4 is 4.74 Å². The summed E-state index contributed by atoms with van der Waals surface area (Å²) in [6, 6.07) is 21.3. The predicted octanol–water partition coefficient (Wildman–Crippen LogP) is 5.62. The Balaban J connectivity index is 1.73. The zero-order valence-corrected chi connectivity index (χ0v) is 20.7. The number of carbonyl (C=O) groups is 1. The largest absolute Gasteiger partial charge is 0.503 e. The summed E-state index contributed by atoms with van der Waals surface area (Å²) in [5.74, 6) is 0.279. The van der Waals surface area contributed by atoms with Gasteiger partial charge < -0.3 is 14.7 Å². The fourth-order valence-electron chi connectivity index (χ4n) is 4.58. The number of rotatable bonds is 5. The summed E-state index contributed by atoms with van der Waals surface area (Å²) in [7, 11) is 3.32. The van der Waals surface area contributed by atoms with E-state index in [4.69, 9.17) is 9.84 Å². The first-order valence-corrected chi connectivity index (χ1v) is 11.7. The summed E-state index contributed by atoms with van der Waals surface area (Å²) >= 11 is 3.45. The number of phenolic OH excluding ortho intramolecular Hbond substituents is 1. The first-order valence-electron chi connectivity index (χ1n) is 10.9. The maximum atomic E-state index is 13.8. The fraction of sp³-hybridized carbons (Fsp3) is 0.185. The molecule has 0 saturated carbocycles. The van der Waals surface area contributed by atoms with Crippen LogP contribution in [0.5, 0.6) is 11.5 Å². The van der Waals surface area contributed by atoms with Crippen molar-refractivity contribution in [2.75, 3.05) is 7.11 Å². The van der Waals surface area contributed by atoms with E-state index < -0.39 is 6.04 Å². The molecule has 1 amide bonds. The monoisotopic (exact) mass is 517 g/mol. The SMILES string of the molecule is COc1cc(C2c3c(-c4ccc(C)cc4)nn(C)c3C(=O)N2Cc2ccccc2)cc(Br)c1O. The number of amides is 1. The van der Waals surface area contributed by atoms with Gasteiger partial charge in [0.1, 0.15) is 5.69 Å². The van der Waals surface area contributed by atoms with Crippen molar-refractivity contribution in [3.63, 3.8) is 0 Å². The highest BCUT2D eigenvalue weighted by atomic mass is 79.9. The van der Waals surface area contributed by atoms with E-state index in [2.05, 4.69) is 15.9 Å². The van der Waals surface area contributed by atoms with E-state index in [0.717, 1.165) is 33.5 Å². The van der Waals surface area contributed by atoms with Crippen LogP contribution >= 0.6 is 15.9 Å². The van der Waals surface area contributed by atoms with Crippen molar-refractivity contribution >= 4 is 21.8 Å². The molecule has 1 unspecified atom stereocenters. The number of nitrogens with zero attached hydrogens (tertiary/aromatic N) is 3. The number of methoxy groups -OCH3 is 1. The van der Waals surface area contributed by atoms with Gasteiger partial charge in [-0.2, -0.15) is 5.10 Å². The number of aromatic nitrogens is 2. The van der Waals surface area contributed by atoms with Crippen molar-refractivity contribution in [1.82, 2.24) is 14.7 Å². The van der Waals surface area contributed by atoms with Gasteiger partial charge in [-0.15, -0.1) is 0 Å². The van der Waals surface area contributed by atoms with Crippen LogP contribution in [0, 0.1) is 6.92 Å². The normalized spacial score (nSPS) is 15.0. The molecular formula is C27H24BrN3O3. The molecule has 0 saturated heterocycles. The van der Waals surface area contributed by atoms with Gasteiger partial charge in [-0.25, -0.2) is 0 Å². The van der Waals surface area contributed by atoms with E-state index in [9.17, 15) is 9.90 Å².